The second kappa shape index (κ2) is 11.9. The van der Waals surface area contributed by atoms with Gasteiger partial charge in [0.1, 0.15) is 0 Å². The zero-order valence-electron chi connectivity index (χ0n) is 13.0. The quantitative estimate of drug-likeness (QED) is 0.520. The van der Waals surface area contributed by atoms with Crippen molar-refractivity contribution in [1.82, 2.24) is 4.90 Å². The molecule has 0 amide bonds. The SMILES string of the molecule is CCCN(CCC)CC[CH2][In]([CH2]CC)[CH](C)C. The molecule has 0 fully saturated rings. The van der Waals surface area contributed by atoms with Crippen LogP contribution in [0.15, 0.2) is 0 Å². The van der Waals surface area contributed by atoms with Crippen LogP contribution in [0.3, 0.4) is 0 Å². The van der Waals surface area contributed by atoms with E-state index in [1.54, 1.807) is 8.35 Å². The number of nitrogens with zero attached hydrogens (tertiary/aromatic N) is 1. The number of rotatable bonds is 11. The molecule has 1 nitrogen and oxygen atoms in total. The Morgan fingerprint density at radius 3 is 1.82 bits per heavy atom. The molecule has 0 aliphatic carbocycles. The van der Waals surface area contributed by atoms with E-state index >= 15 is 0 Å². The van der Waals surface area contributed by atoms with Crippen LogP contribution >= 0.6 is 0 Å². The van der Waals surface area contributed by atoms with Crippen molar-refractivity contribution in [2.75, 3.05) is 19.6 Å². The van der Waals surface area contributed by atoms with Crippen LogP contribution in [0.4, 0.5) is 0 Å². The third kappa shape index (κ3) is 9.41. The van der Waals surface area contributed by atoms with Crippen molar-refractivity contribution < 1.29 is 0 Å². The maximum atomic E-state index is 2.68. The third-order valence-corrected chi connectivity index (χ3v) is 16.2. The predicted molar refractivity (Wildman–Crippen MR) is 82.4 cm³/mol. The van der Waals surface area contributed by atoms with Gasteiger partial charge in [-0.05, 0) is 0 Å². The zero-order chi connectivity index (χ0) is 13.1. The Balaban J connectivity index is 3.82. The van der Waals surface area contributed by atoms with Crippen molar-refractivity contribution in [3.63, 3.8) is 0 Å². The average molecular weight is 343 g/mol. The van der Waals surface area contributed by atoms with Crippen LogP contribution in [-0.4, -0.2) is 46.0 Å². The van der Waals surface area contributed by atoms with E-state index in [1.807, 2.05) is 0 Å². The van der Waals surface area contributed by atoms with Crippen LogP contribution < -0.4 is 0 Å². The molecule has 0 aromatic heterocycles. The van der Waals surface area contributed by atoms with Gasteiger partial charge >= 0.3 is 118 Å². The first kappa shape index (κ1) is 17.8. The van der Waals surface area contributed by atoms with Gasteiger partial charge in [0, 0.05) is 0 Å². The summed E-state index contributed by atoms with van der Waals surface area (Å²) in [5, 5.41) is 0. The summed E-state index contributed by atoms with van der Waals surface area (Å²) >= 11 is -1.14. The predicted octanol–water partition coefficient (Wildman–Crippen LogP) is 4.81. The van der Waals surface area contributed by atoms with E-state index in [0.29, 0.717) is 0 Å². The van der Waals surface area contributed by atoms with Gasteiger partial charge in [0.05, 0.1) is 0 Å². The minimum atomic E-state index is -1.14. The summed E-state index contributed by atoms with van der Waals surface area (Å²) in [5.41, 5.74) is 0. The molecule has 0 heterocycles. The second-order valence-electron chi connectivity index (χ2n) is 5.78. The first-order chi connectivity index (χ1) is 8.15. The Kier molecular flexibility index (Phi) is 12.5. The van der Waals surface area contributed by atoms with Gasteiger partial charge < -0.3 is 0 Å². The molecule has 0 N–H and O–H groups in total. The monoisotopic (exact) mass is 343 g/mol. The molecule has 102 valence electrons. The Morgan fingerprint density at radius 2 is 1.41 bits per heavy atom. The summed E-state index contributed by atoms with van der Waals surface area (Å²) in [6.07, 6.45) is 5.54. The van der Waals surface area contributed by atoms with Crippen molar-refractivity contribution in [2.45, 2.75) is 72.3 Å². The summed E-state index contributed by atoms with van der Waals surface area (Å²) < 4.78 is 4.33. The molecule has 2 heteroatoms. The van der Waals surface area contributed by atoms with Crippen molar-refractivity contribution in [3.8, 4) is 0 Å². The third-order valence-electron chi connectivity index (χ3n) is 3.73. The number of hydrogen-bond donors (Lipinski definition) is 0. The molecule has 0 bridgehead atoms. The molecule has 0 aromatic carbocycles. The fourth-order valence-electron chi connectivity index (χ4n) is 2.73. The van der Waals surface area contributed by atoms with Crippen LogP contribution in [-0.2, 0) is 0 Å². The van der Waals surface area contributed by atoms with E-state index in [0.717, 1.165) is 3.67 Å². The van der Waals surface area contributed by atoms with Crippen molar-refractivity contribution >= 4 is 21.4 Å². The summed E-state index contributed by atoms with van der Waals surface area (Å²) in [6, 6.07) is 0. The molecule has 0 rings (SSSR count). The minimum absolute atomic E-state index is 1.07. The van der Waals surface area contributed by atoms with Gasteiger partial charge in [0.2, 0.25) is 0 Å². The molecule has 0 saturated carbocycles. The van der Waals surface area contributed by atoms with E-state index in [4.69, 9.17) is 0 Å². The molecule has 17 heavy (non-hydrogen) atoms. The van der Waals surface area contributed by atoms with Gasteiger partial charge in [-0.3, -0.25) is 0 Å². The van der Waals surface area contributed by atoms with Gasteiger partial charge in [-0.25, -0.2) is 0 Å². The Labute approximate surface area is 118 Å². The van der Waals surface area contributed by atoms with E-state index in [9.17, 15) is 0 Å². The molecule has 0 radical (unpaired) electrons. The zero-order valence-corrected chi connectivity index (χ0v) is 16.3. The first-order valence-electron chi connectivity index (χ1n) is 7.87. The molecule has 0 unspecified atom stereocenters. The molecule has 0 spiro atoms. The van der Waals surface area contributed by atoms with Crippen LogP contribution in [0.25, 0.3) is 0 Å². The van der Waals surface area contributed by atoms with Gasteiger partial charge in [0.15, 0.2) is 0 Å². The maximum absolute atomic E-state index is 2.68. The van der Waals surface area contributed by atoms with Crippen molar-refractivity contribution in [2.24, 2.45) is 0 Å². The molecule has 0 atom stereocenters. The van der Waals surface area contributed by atoms with Crippen molar-refractivity contribution in [1.29, 1.82) is 0 Å². The van der Waals surface area contributed by atoms with Crippen LogP contribution in [0.1, 0.15) is 60.3 Å². The van der Waals surface area contributed by atoms with Crippen molar-refractivity contribution in [3.05, 3.63) is 0 Å². The molecule has 0 aliphatic heterocycles. The summed E-state index contributed by atoms with van der Waals surface area (Å²) in [7, 11) is 0. The van der Waals surface area contributed by atoms with Crippen LogP contribution in [0.5, 0.6) is 0 Å². The molecular weight excluding hydrogens is 309 g/mol. The fourth-order valence-corrected chi connectivity index (χ4v) is 11.5. The fraction of sp³-hybridized carbons (Fsp3) is 1.00. The molecule has 0 aliphatic rings. The summed E-state index contributed by atoms with van der Waals surface area (Å²) in [6.45, 7) is 15.9. The topological polar surface area (TPSA) is 3.24 Å². The molecule has 0 saturated heterocycles. The van der Waals surface area contributed by atoms with Gasteiger partial charge in [-0.2, -0.15) is 0 Å². The van der Waals surface area contributed by atoms with Gasteiger partial charge in [-0.15, -0.1) is 0 Å². The van der Waals surface area contributed by atoms with E-state index in [1.165, 1.54) is 45.3 Å². The van der Waals surface area contributed by atoms with Gasteiger partial charge in [-0.1, -0.05) is 0 Å². The Hall–Kier alpha value is 0.830. The molecule has 0 aromatic rings. The summed E-state index contributed by atoms with van der Waals surface area (Å²) in [5.74, 6) is 0. The Morgan fingerprint density at radius 1 is 0.824 bits per heavy atom. The van der Waals surface area contributed by atoms with E-state index in [-0.39, 0.29) is 0 Å². The summed E-state index contributed by atoms with van der Waals surface area (Å²) in [4.78, 5) is 2.68. The standard InChI is InChI=1S/C9H20N.2C3H7.In/c1-4-7-10(8-5-2)9-6-3;2*1-3-2;/h1,4-9H2,2-3H3;3H,1-2H3;1,3H2,2H3;. The van der Waals surface area contributed by atoms with Crippen LogP contribution in [0, 0.1) is 0 Å². The van der Waals surface area contributed by atoms with E-state index < -0.39 is 21.4 Å². The van der Waals surface area contributed by atoms with Gasteiger partial charge in [0.25, 0.3) is 0 Å². The van der Waals surface area contributed by atoms with E-state index in [2.05, 4.69) is 39.5 Å². The Bertz CT molecular complexity index is 153. The number of hydrogen-bond acceptors (Lipinski definition) is 1. The first-order valence-corrected chi connectivity index (χ1v) is 14.4. The normalized spacial score (nSPS) is 11.5. The second-order valence-corrected chi connectivity index (χ2v) is 17.2. The van der Waals surface area contributed by atoms with Crippen LogP contribution in [0.2, 0.25) is 12.0 Å². The average Bonchev–Trinajstić information content (AvgIpc) is 2.28. The molecular formula is C15H34InN.